The molecule has 0 radical (unpaired) electrons. The Kier molecular flexibility index (Phi) is 3.78. The molecule has 0 fully saturated rings. The third-order valence-electron chi connectivity index (χ3n) is 2.08. The molecule has 0 aliphatic rings. The van der Waals surface area contributed by atoms with E-state index in [0.29, 0.717) is 16.7 Å². The molecule has 1 aromatic carbocycles. The number of nitrogens with one attached hydrogen (secondary N) is 1. The zero-order valence-electron chi connectivity index (χ0n) is 9.85. The maximum absolute atomic E-state index is 6.03. The second-order valence-electron chi connectivity index (χ2n) is 3.24. The van der Waals surface area contributed by atoms with Gasteiger partial charge in [0.25, 0.3) is 0 Å². The third kappa shape index (κ3) is 2.78. The number of nitrogens with zero attached hydrogens (tertiary/aromatic N) is 3. The van der Waals surface area contributed by atoms with Crippen molar-refractivity contribution in [1.29, 1.82) is 0 Å². The van der Waals surface area contributed by atoms with Gasteiger partial charge in [0, 0.05) is 0 Å². The quantitative estimate of drug-likeness (QED) is 0.916. The third-order valence-corrected chi connectivity index (χ3v) is 2.41. The number of benzene rings is 1. The van der Waals surface area contributed by atoms with Crippen LogP contribution in [-0.4, -0.2) is 29.2 Å². The van der Waals surface area contributed by atoms with Crippen LogP contribution < -0.4 is 14.8 Å². The summed E-state index contributed by atoms with van der Waals surface area (Å²) >= 11 is 6.03. The highest BCUT2D eigenvalue weighted by atomic mass is 35.5. The van der Waals surface area contributed by atoms with Gasteiger partial charge in [-0.3, -0.25) is 0 Å². The Balaban J connectivity index is 2.31. The van der Waals surface area contributed by atoms with Crippen molar-refractivity contribution in [3.8, 4) is 12.0 Å². The molecule has 0 spiro atoms. The van der Waals surface area contributed by atoms with E-state index in [-0.39, 0.29) is 12.0 Å². The molecule has 1 heterocycles. The van der Waals surface area contributed by atoms with E-state index in [4.69, 9.17) is 21.1 Å². The van der Waals surface area contributed by atoms with Gasteiger partial charge in [0.05, 0.1) is 24.9 Å². The molecule has 94 valence electrons. The van der Waals surface area contributed by atoms with Crippen molar-refractivity contribution >= 4 is 23.2 Å². The van der Waals surface area contributed by atoms with Gasteiger partial charge >= 0.3 is 12.0 Å². The molecule has 6 nitrogen and oxygen atoms in total. The van der Waals surface area contributed by atoms with Crippen LogP contribution in [0.3, 0.4) is 0 Å². The van der Waals surface area contributed by atoms with E-state index < -0.39 is 0 Å². The summed E-state index contributed by atoms with van der Waals surface area (Å²) in [6.45, 7) is 0. The molecule has 7 heteroatoms. The average Bonchev–Trinajstić information content (AvgIpc) is 2.41. The highest BCUT2D eigenvalue weighted by molar-refractivity contribution is 6.33. The summed E-state index contributed by atoms with van der Waals surface area (Å²) in [5.41, 5.74) is 0.689. The van der Waals surface area contributed by atoms with Crippen LogP contribution in [0.4, 0.5) is 11.6 Å². The molecule has 2 rings (SSSR count). The molecule has 1 aromatic heterocycles. The molecule has 0 saturated heterocycles. The topological polar surface area (TPSA) is 69.2 Å². The molecule has 1 N–H and O–H groups in total. The van der Waals surface area contributed by atoms with Crippen LogP contribution in [0.25, 0.3) is 0 Å². The lowest BCUT2D eigenvalue weighted by Gasteiger charge is -2.08. The van der Waals surface area contributed by atoms with Gasteiger partial charge in [-0.05, 0) is 12.1 Å². The van der Waals surface area contributed by atoms with Crippen molar-refractivity contribution in [2.24, 2.45) is 0 Å². The molecule has 0 aliphatic carbocycles. The fraction of sp³-hybridized carbons (Fsp3) is 0.182. The summed E-state index contributed by atoms with van der Waals surface area (Å²) in [6, 6.07) is 7.59. The van der Waals surface area contributed by atoms with Crippen LogP contribution in [0.1, 0.15) is 0 Å². The number of aromatic nitrogens is 3. The Morgan fingerprint density at radius 3 is 2.17 bits per heavy atom. The number of halogens is 1. The lowest BCUT2D eigenvalue weighted by Crippen LogP contribution is -2.03. The fourth-order valence-electron chi connectivity index (χ4n) is 1.26. The van der Waals surface area contributed by atoms with E-state index in [0.717, 1.165) is 0 Å². The molecule has 0 saturated carbocycles. The first-order chi connectivity index (χ1) is 8.72. The van der Waals surface area contributed by atoms with Crippen LogP contribution >= 0.6 is 11.6 Å². The number of methoxy groups -OCH3 is 2. The first kappa shape index (κ1) is 12.4. The van der Waals surface area contributed by atoms with Crippen LogP contribution in [-0.2, 0) is 0 Å². The predicted octanol–water partition coefficient (Wildman–Crippen LogP) is 2.29. The summed E-state index contributed by atoms with van der Waals surface area (Å²) in [6.07, 6.45) is 0. The van der Waals surface area contributed by atoms with E-state index in [1.54, 1.807) is 6.07 Å². The number of anilines is 2. The fourth-order valence-corrected chi connectivity index (χ4v) is 1.44. The lowest BCUT2D eigenvalue weighted by atomic mass is 10.3. The lowest BCUT2D eigenvalue weighted by molar-refractivity contribution is 0.341. The van der Waals surface area contributed by atoms with Crippen LogP contribution in [0.5, 0.6) is 12.0 Å². The van der Waals surface area contributed by atoms with Gasteiger partial charge in [-0.15, -0.1) is 4.98 Å². The summed E-state index contributed by atoms with van der Waals surface area (Å²) in [5.74, 6) is 0.298. The van der Waals surface area contributed by atoms with Gasteiger partial charge in [-0.25, -0.2) is 0 Å². The average molecular weight is 267 g/mol. The van der Waals surface area contributed by atoms with Gasteiger partial charge in [0.1, 0.15) is 0 Å². The normalized spacial score (nSPS) is 9.94. The minimum atomic E-state index is 0.163. The molecule has 0 amide bonds. The summed E-state index contributed by atoms with van der Waals surface area (Å²) in [5, 5.41) is 3.53. The SMILES string of the molecule is COc1nc(Nc2ccccc2Cl)nc(OC)n1. The van der Waals surface area contributed by atoms with Gasteiger partial charge < -0.3 is 14.8 Å². The Morgan fingerprint density at radius 1 is 1.00 bits per heavy atom. The van der Waals surface area contributed by atoms with Crippen LogP contribution in [0.15, 0.2) is 24.3 Å². The second-order valence-corrected chi connectivity index (χ2v) is 3.64. The Labute approximate surface area is 109 Å². The highest BCUT2D eigenvalue weighted by Gasteiger charge is 2.08. The number of hydrogen-bond donors (Lipinski definition) is 1. The minimum Gasteiger partial charge on any atom is -0.467 e. The van der Waals surface area contributed by atoms with Gasteiger partial charge in [0.2, 0.25) is 5.95 Å². The molecule has 18 heavy (non-hydrogen) atoms. The second kappa shape index (κ2) is 5.50. The maximum atomic E-state index is 6.03. The monoisotopic (exact) mass is 266 g/mol. The maximum Gasteiger partial charge on any atom is 0.324 e. The molecule has 0 bridgehead atoms. The van der Waals surface area contributed by atoms with Crippen molar-refractivity contribution in [2.75, 3.05) is 19.5 Å². The van der Waals surface area contributed by atoms with Crippen LogP contribution in [0.2, 0.25) is 5.02 Å². The van der Waals surface area contributed by atoms with Crippen molar-refractivity contribution in [3.63, 3.8) is 0 Å². The highest BCUT2D eigenvalue weighted by Crippen LogP contribution is 2.24. The van der Waals surface area contributed by atoms with Crippen molar-refractivity contribution in [1.82, 2.24) is 15.0 Å². The summed E-state index contributed by atoms with van der Waals surface area (Å²) in [7, 11) is 2.93. The molecular formula is C11H11ClN4O2. The smallest absolute Gasteiger partial charge is 0.324 e. The van der Waals surface area contributed by atoms with Gasteiger partial charge in [-0.1, -0.05) is 23.7 Å². The first-order valence-electron chi connectivity index (χ1n) is 5.08. The van der Waals surface area contributed by atoms with E-state index in [2.05, 4.69) is 20.3 Å². The first-order valence-corrected chi connectivity index (χ1v) is 5.46. The molecule has 0 unspecified atom stereocenters. The largest absolute Gasteiger partial charge is 0.467 e. The summed E-state index contributed by atoms with van der Waals surface area (Å²) < 4.78 is 9.90. The molecule has 0 aliphatic heterocycles. The Bertz CT molecular complexity index is 528. The van der Waals surface area contributed by atoms with Gasteiger partial charge in [0.15, 0.2) is 0 Å². The predicted molar refractivity (Wildman–Crippen MR) is 67.7 cm³/mol. The standard InChI is InChI=1S/C11H11ClN4O2/c1-17-10-14-9(15-11(16-10)18-2)13-8-6-4-3-5-7(8)12/h3-6H,1-2H3,(H,13,14,15,16). The van der Waals surface area contributed by atoms with Crippen molar-refractivity contribution in [2.45, 2.75) is 0 Å². The van der Waals surface area contributed by atoms with E-state index >= 15 is 0 Å². The number of ether oxygens (including phenoxy) is 2. The van der Waals surface area contributed by atoms with E-state index in [9.17, 15) is 0 Å². The minimum absolute atomic E-state index is 0.163. The van der Waals surface area contributed by atoms with Gasteiger partial charge in [-0.2, -0.15) is 9.97 Å². The van der Waals surface area contributed by atoms with Crippen LogP contribution in [0, 0.1) is 0 Å². The van der Waals surface area contributed by atoms with E-state index in [1.165, 1.54) is 14.2 Å². The zero-order valence-corrected chi connectivity index (χ0v) is 10.6. The summed E-state index contributed by atoms with van der Waals surface area (Å²) in [4.78, 5) is 12.0. The van der Waals surface area contributed by atoms with Crippen molar-refractivity contribution in [3.05, 3.63) is 29.3 Å². The molecular weight excluding hydrogens is 256 g/mol. The number of rotatable bonds is 4. The van der Waals surface area contributed by atoms with E-state index in [1.807, 2.05) is 18.2 Å². The number of hydrogen-bond acceptors (Lipinski definition) is 6. The number of para-hydroxylation sites is 1. The zero-order chi connectivity index (χ0) is 13.0. The Morgan fingerprint density at radius 2 is 1.61 bits per heavy atom. The molecule has 2 aromatic rings. The van der Waals surface area contributed by atoms with Crippen molar-refractivity contribution < 1.29 is 9.47 Å². The molecule has 0 atom stereocenters. The Hall–Kier alpha value is -2.08.